The Morgan fingerprint density at radius 2 is 1.71 bits per heavy atom. The molecule has 1 unspecified atom stereocenters. The maximum Gasteiger partial charge on any atom is 0.375 e. The zero-order chi connectivity index (χ0) is 19.8. The fourth-order valence-corrected chi connectivity index (χ4v) is 3.28. The Hall–Kier alpha value is -3.75. The lowest BCUT2D eigenvalue weighted by molar-refractivity contribution is -0.156. The van der Waals surface area contributed by atoms with Crippen LogP contribution in [-0.4, -0.2) is 52.2 Å². The number of piperidine rings is 1. The molecule has 1 fully saturated rings. The van der Waals surface area contributed by atoms with Gasteiger partial charge in [0.25, 0.3) is 17.7 Å². The minimum Gasteiger partial charge on any atom is -0.457 e. The van der Waals surface area contributed by atoms with E-state index in [4.69, 9.17) is 9.15 Å². The van der Waals surface area contributed by atoms with Gasteiger partial charge in [-0.1, -0.05) is 12.1 Å². The highest BCUT2D eigenvalue weighted by Gasteiger charge is 2.47. The van der Waals surface area contributed by atoms with Crippen LogP contribution < -0.4 is 0 Å². The summed E-state index contributed by atoms with van der Waals surface area (Å²) in [6.45, 7) is -0.628. The van der Waals surface area contributed by atoms with Crippen LogP contribution in [0.1, 0.15) is 44.1 Å². The third-order valence-electron chi connectivity index (χ3n) is 4.67. The number of hydrogen-bond donors (Lipinski definition) is 0. The molecule has 4 amide bonds. The summed E-state index contributed by atoms with van der Waals surface area (Å²) in [5.41, 5.74) is 0.431. The summed E-state index contributed by atoms with van der Waals surface area (Å²) in [6, 6.07) is 8.01. The van der Waals surface area contributed by atoms with Crippen molar-refractivity contribution < 1.29 is 33.1 Å². The fraction of sp³-hybridized carbons (Fsp3) is 0.211. The molecule has 9 heteroatoms. The summed E-state index contributed by atoms with van der Waals surface area (Å²) < 4.78 is 9.85. The highest BCUT2D eigenvalue weighted by molar-refractivity contribution is 6.23. The second-order valence-corrected chi connectivity index (χ2v) is 6.28. The zero-order valence-electron chi connectivity index (χ0n) is 14.5. The zero-order valence-corrected chi connectivity index (χ0v) is 14.5. The van der Waals surface area contributed by atoms with E-state index in [9.17, 15) is 24.0 Å². The first-order chi connectivity index (χ1) is 13.5. The van der Waals surface area contributed by atoms with Crippen molar-refractivity contribution >= 4 is 29.6 Å². The first-order valence-electron chi connectivity index (χ1n) is 8.51. The molecule has 142 valence electrons. The van der Waals surface area contributed by atoms with Crippen LogP contribution in [0.4, 0.5) is 0 Å². The number of esters is 1. The molecule has 2 aliphatic rings. The molecule has 2 aliphatic heterocycles. The number of carbonyl (C=O) groups excluding carboxylic acids is 5. The Morgan fingerprint density at radius 1 is 1.04 bits per heavy atom. The number of hydrogen-bond acceptors (Lipinski definition) is 7. The van der Waals surface area contributed by atoms with Crippen LogP contribution in [0.5, 0.6) is 0 Å². The largest absolute Gasteiger partial charge is 0.457 e. The number of ether oxygens (including phenoxy) is 1. The average molecular weight is 382 g/mol. The smallest absolute Gasteiger partial charge is 0.375 e. The second-order valence-electron chi connectivity index (χ2n) is 6.28. The van der Waals surface area contributed by atoms with Crippen molar-refractivity contribution in [2.75, 3.05) is 6.73 Å². The third kappa shape index (κ3) is 2.77. The average Bonchev–Trinajstić information content (AvgIpc) is 3.31. The van der Waals surface area contributed by atoms with Crippen LogP contribution in [-0.2, 0) is 14.3 Å². The fourth-order valence-electron chi connectivity index (χ4n) is 3.28. The van der Waals surface area contributed by atoms with Crippen molar-refractivity contribution in [2.24, 2.45) is 0 Å². The molecule has 1 atom stereocenters. The SMILES string of the molecule is O=C(OCN1C(=O)CCC(N2C(=O)c3ccccc3C2=O)C1=O)c1ccco1. The van der Waals surface area contributed by atoms with Crippen molar-refractivity contribution in [3.63, 3.8) is 0 Å². The van der Waals surface area contributed by atoms with Gasteiger partial charge in [-0.25, -0.2) is 9.69 Å². The van der Waals surface area contributed by atoms with Gasteiger partial charge in [-0.3, -0.25) is 24.1 Å². The molecule has 1 aromatic heterocycles. The molecule has 0 saturated carbocycles. The number of imide groups is 2. The van der Waals surface area contributed by atoms with Crippen molar-refractivity contribution in [1.29, 1.82) is 0 Å². The maximum atomic E-state index is 12.8. The number of nitrogens with zero attached hydrogens (tertiary/aromatic N) is 2. The molecule has 1 saturated heterocycles. The molecular weight excluding hydrogens is 368 g/mol. The van der Waals surface area contributed by atoms with E-state index in [1.165, 1.54) is 30.5 Å². The molecule has 28 heavy (non-hydrogen) atoms. The van der Waals surface area contributed by atoms with Crippen molar-refractivity contribution in [2.45, 2.75) is 18.9 Å². The number of amides is 4. The van der Waals surface area contributed by atoms with Gasteiger partial charge in [0.1, 0.15) is 6.04 Å². The van der Waals surface area contributed by atoms with Crippen LogP contribution in [0.25, 0.3) is 0 Å². The highest BCUT2D eigenvalue weighted by Crippen LogP contribution is 2.29. The van der Waals surface area contributed by atoms with E-state index in [0.717, 1.165) is 9.80 Å². The standard InChI is InChI=1S/C19H14N2O7/c22-15-8-7-13(21-16(23)11-4-1-2-5-12(11)17(21)24)18(25)20(15)10-28-19(26)14-6-3-9-27-14/h1-6,9,13H,7-8,10H2. The van der Waals surface area contributed by atoms with Crippen molar-refractivity contribution in [3.05, 3.63) is 59.5 Å². The minimum atomic E-state index is -1.13. The molecule has 4 rings (SSSR count). The van der Waals surface area contributed by atoms with Gasteiger partial charge in [0.15, 0.2) is 6.73 Å². The second kappa shape index (κ2) is 6.76. The maximum absolute atomic E-state index is 12.8. The molecule has 0 aliphatic carbocycles. The lowest BCUT2D eigenvalue weighted by Crippen LogP contribution is -2.56. The van der Waals surface area contributed by atoms with E-state index in [0.29, 0.717) is 0 Å². The van der Waals surface area contributed by atoms with Gasteiger partial charge in [0.05, 0.1) is 17.4 Å². The van der Waals surface area contributed by atoms with Gasteiger partial charge in [-0.05, 0) is 30.7 Å². The van der Waals surface area contributed by atoms with Gasteiger partial charge in [0, 0.05) is 6.42 Å². The highest BCUT2D eigenvalue weighted by atomic mass is 16.6. The molecule has 2 aromatic rings. The number of furan rings is 1. The number of rotatable bonds is 4. The molecule has 9 nitrogen and oxygen atoms in total. The monoisotopic (exact) mass is 382 g/mol. The summed E-state index contributed by atoms with van der Waals surface area (Å²) >= 11 is 0. The van der Waals surface area contributed by atoms with Gasteiger partial charge in [0.2, 0.25) is 11.7 Å². The number of fused-ring (bicyclic) bond motifs is 1. The van der Waals surface area contributed by atoms with Gasteiger partial charge < -0.3 is 9.15 Å². The lowest BCUT2D eigenvalue weighted by Gasteiger charge is -2.33. The van der Waals surface area contributed by atoms with E-state index in [1.807, 2.05) is 0 Å². The predicted molar refractivity (Wildman–Crippen MR) is 90.8 cm³/mol. The first-order valence-corrected chi connectivity index (χ1v) is 8.51. The normalized spacial score (nSPS) is 19.2. The third-order valence-corrected chi connectivity index (χ3v) is 4.67. The minimum absolute atomic E-state index is 0.0196. The molecule has 0 N–H and O–H groups in total. The van der Waals surface area contributed by atoms with E-state index in [1.54, 1.807) is 12.1 Å². The molecule has 1 aromatic carbocycles. The Bertz CT molecular complexity index is 960. The van der Waals surface area contributed by atoms with Crippen LogP contribution in [0, 0.1) is 0 Å². The number of benzene rings is 1. The summed E-state index contributed by atoms with van der Waals surface area (Å²) in [5.74, 6) is -3.40. The van der Waals surface area contributed by atoms with Crippen molar-refractivity contribution in [3.8, 4) is 0 Å². The number of likely N-dealkylation sites (tertiary alicyclic amines) is 1. The Labute approximate surface area is 158 Å². The van der Waals surface area contributed by atoms with Crippen LogP contribution in [0.2, 0.25) is 0 Å². The number of carbonyl (C=O) groups is 5. The molecule has 0 bridgehead atoms. The Kier molecular flexibility index (Phi) is 4.26. The summed E-state index contributed by atoms with van der Waals surface area (Å²) in [5, 5.41) is 0. The van der Waals surface area contributed by atoms with E-state index in [2.05, 4.69) is 0 Å². The molecule has 0 spiro atoms. The topological polar surface area (TPSA) is 114 Å². The molecule has 0 radical (unpaired) electrons. The van der Waals surface area contributed by atoms with Gasteiger partial charge >= 0.3 is 5.97 Å². The van der Waals surface area contributed by atoms with E-state index < -0.39 is 42.4 Å². The van der Waals surface area contributed by atoms with Gasteiger partial charge in [-0.2, -0.15) is 0 Å². The summed E-state index contributed by atoms with van der Waals surface area (Å²) in [4.78, 5) is 63.7. The summed E-state index contributed by atoms with van der Waals surface area (Å²) in [7, 11) is 0. The Morgan fingerprint density at radius 3 is 2.32 bits per heavy atom. The van der Waals surface area contributed by atoms with E-state index in [-0.39, 0.29) is 29.7 Å². The van der Waals surface area contributed by atoms with Crippen LogP contribution in [0.3, 0.4) is 0 Å². The summed E-state index contributed by atoms with van der Waals surface area (Å²) in [6.07, 6.45) is 1.24. The van der Waals surface area contributed by atoms with Crippen LogP contribution in [0.15, 0.2) is 47.1 Å². The first kappa shape index (κ1) is 17.7. The predicted octanol–water partition coefficient (Wildman–Crippen LogP) is 1.21. The van der Waals surface area contributed by atoms with Crippen molar-refractivity contribution in [1.82, 2.24) is 9.80 Å². The molecule has 3 heterocycles. The van der Waals surface area contributed by atoms with E-state index >= 15 is 0 Å². The quantitative estimate of drug-likeness (QED) is 0.577. The lowest BCUT2D eigenvalue weighted by atomic mass is 10.0. The molecular formula is C19H14N2O7. The van der Waals surface area contributed by atoms with Crippen LogP contribution >= 0.6 is 0 Å². The Balaban J connectivity index is 1.52. The van der Waals surface area contributed by atoms with Gasteiger partial charge in [-0.15, -0.1) is 0 Å².